The van der Waals surface area contributed by atoms with Crippen LogP contribution in [0.4, 0.5) is 0 Å². The van der Waals surface area contributed by atoms with Crippen molar-refractivity contribution in [2.24, 2.45) is 5.92 Å². The van der Waals surface area contributed by atoms with Gasteiger partial charge in [0.25, 0.3) is 0 Å². The zero-order valence-electron chi connectivity index (χ0n) is 14.1. The van der Waals surface area contributed by atoms with Crippen LogP contribution in [-0.2, 0) is 11.2 Å². The molecule has 2 aromatic rings. The molecule has 2 aromatic heterocycles. The highest BCUT2D eigenvalue weighted by atomic mass is 16.2. The first-order valence-electron chi connectivity index (χ1n) is 8.30. The summed E-state index contributed by atoms with van der Waals surface area (Å²) in [4.78, 5) is 18.2. The third-order valence-electron chi connectivity index (χ3n) is 4.46. The lowest BCUT2D eigenvalue weighted by atomic mass is 10.0. The number of hydrogen-bond donors (Lipinski definition) is 0. The number of hydrogen-bond acceptors (Lipinski definition) is 3. The van der Waals surface area contributed by atoms with Crippen LogP contribution in [-0.4, -0.2) is 38.7 Å². The van der Waals surface area contributed by atoms with Gasteiger partial charge in [-0.15, -0.1) is 0 Å². The number of carbonyl (C=O) groups is 1. The second-order valence-corrected chi connectivity index (χ2v) is 6.59. The van der Waals surface area contributed by atoms with Crippen LogP contribution in [0, 0.1) is 5.92 Å². The average Bonchev–Trinajstić information content (AvgIpc) is 3.16. The molecule has 0 unspecified atom stereocenters. The minimum absolute atomic E-state index is 0.176. The highest BCUT2D eigenvalue weighted by molar-refractivity contribution is 5.73. The van der Waals surface area contributed by atoms with Crippen LogP contribution < -0.4 is 0 Å². The quantitative estimate of drug-likeness (QED) is 0.872. The van der Waals surface area contributed by atoms with Crippen LogP contribution in [0.5, 0.6) is 0 Å². The molecule has 1 aliphatic rings. The Labute approximate surface area is 137 Å². The molecule has 1 fully saturated rings. The van der Waals surface area contributed by atoms with E-state index in [0.717, 1.165) is 43.0 Å². The Balaban J connectivity index is 1.76. The zero-order valence-corrected chi connectivity index (χ0v) is 14.1. The largest absolute Gasteiger partial charge is 0.343 e. The van der Waals surface area contributed by atoms with Crippen molar-refractivity contribution in [3.63, 3.8) is 0 Å². The first kappa shape index (κ1) is 15.7. The molecule has 5 nitrogen and oxygen atoms in total. The molecule has 3 rings (SSSR count). The highest BCUT2D eigenvalue weighted by Gasteiger charge is 2.24. The van der Waals surface area contributed by atoms with Crippen molar-refractivity contribution in [3.8, 4) is 11.4 Å². The van der Waals surface area contributed by atoms with Gasteiger partial charge in [-0.2, -0.15) is 5.10 Å². The molecule has 1 aliphatic heterocycles. The third kappa shape index (κ3) is 3.44. The van der Waals surface area contributed by atoms with Crippen LogP contribution in [0.1, 0.15) is 38.9 Å². The Morgan fingerprint density at radius 1 is 1.35 bits per heavy atom. The number of aromatic nitrogens is 3. The molecular formula is C18H24N4O. The molecule has 23 heavy (non-hydrogen) atoms. The average molecular weight is 312 g/mol. The van der Waals surface area contributed by atoms with Gasteiger partial charge in [0.15, 0.2) is 0 Å². The Kier molecular flexibility index (Phi) is 4.46. The van der Waals surface area contributed by atoms with Crippen molar-refractivity contribution < 1.29 is 4.79 Å². The Morgan fingerprint density at radius 3 is 2.87 bits per heavy atom. The summed E-state index contributed by atoms with van der Waals surface area (Å²) in [6, 6.07) is 8.50. The third-order valence-corrected chi connectivity index (χ3v) is 4.46. The fourth-order valence-corrected chi connectivity index (χ4v) is 3.25. The lowest BCUT2D eigenvalue weighted by molar-refractivity contribution is -0.127. The molecule has 0 aromatic carbocycles. The summed E-state index contributed by atoms with van der Waals surface area (Å²) in [6.07, 6.45) is 3.81. The summed E-state index contributed by atoms with van der Waals surface area (Å²) >= 11 is 0. The van der Waals surface area contributed by atoms with Crippen LogP contribution in [0.2, 0.25) is 0 Å². The minimum atomic E-state index is 0.176. The first-order valence-corrected chi connectivity index (χ1v) is 8.30. The summed E-state index contributed by atoms with van der Waals surface area (Å²) in [7, 11) is 0. The Bertz CT molecular complexity index is 692. The number of nitrogens with zero attached hydrogens (tertiary/aromatic N) is 4. The maximum atomic E-state index is 11.5. The number of amides is 1. The van der Waals surface area contributed by atoms with Crippen LogP contribution in [0.3, 0.4) is 0 Å². The van der Waals surface area contributed by atoms with Gasteiger partial charge < -0.3 is 4.90 Å². The summed E-state index contributed by atoms with van der Waals surface area (Å²) < 4.78 is 2.00. The molecule has 3 heterocycles. The maximum absolute atomic E-state index is 11.5. The van der Waals surface area contributed by atoms with Gasteiger partial charge in [0.2, 0.25) is 5.91 Å². The van der Waals surface area contributed by atoms with Crippen molar-refractivity contribution in [1.29, 1.82) is 0 Å². The van der Waals surface area contributed by atoms with Crippen molar-refractivity contribution in [1.82, 2.24) is 19.7 Å². The van der Waals surface area contributed by atoms with Gasteiger partial charge in [-0.05, 0) is 50.8 Å². The molecule has 0 spiro atoms. The Morgan fingerprint density at radius 2 is 2.17 bits per heavy atom. The molecule has 1 saturated heterocycles. The van der Waals surface area contributed by atoms with Crippen molar-refractivity contribution in [3.05, 3.63) is 36.2 Å². The molecule has 5 heteroatoms. The molecule has 0 radical (unpaired) electrons. The zero-order chi connectivity index (χ0) is 16.4. The number of carbonyl (C=O) groups excluding carboxylic acids is 1. The summed E-state index contributed by atoms with van der Waals surface area (Å²) in [5.41, 5.74) is 3.11. The lowest BCUT2D eigenvalue weighted by Crippen LogP contribution is -2.26. The standard InChI is InChI=1S/C18H24N4O/c1-13(2)22-18(7-9-19-22)17-6-4-5-16(20-17)11-15-8-10-21(12-15)14(3)23/h4-7,9,13,15H,8,10-12H2,1-3H3/t15-/m1/s1. The van der Waals surface area contributed by atoms with E-state index in [1.54, 1.807) is 6.92 Å². The van der Waals surface area contributed by atoms with E-state index < -0.39 is 0 Å². The van der Waals surface area contributed by atoms with Crippen LogP contribution in [0.15, 0.2) is 30.5 Å². The predicted molar refractivity (Wildman–Crippen MR) is 89.9 cm³/mol. The predicted octanol–water partition coefficient (Wildman–Crippen LogP) is 2.94. The monoisotopic (exact) mass is 312 g/mol. The molecular weight excluding hydrogens is 288 g/mol. The van der Waals surface area contributed by atoms with Gasteiger partial charge in [-0.3, -0.25) is 14.5 Å². The van der Waals surface area contributed by atoms with Crippen molar-refractivity contribution >= 4 is 5.91 Å². The molecule has 0 bridgehead atoms. The lowest BCUT2D eigenvalue weighted by Gasteiger charge is -2.14. The normalized spacial score (nSPS) is 17.9. The van der Waals surface area contributed by atoms with E-state index in [2.05, 4.69) is 31.1 Å². The van der Waals surface area contributed by atoms with Gasteiger partial charge in [0.05, 0.1) is 11.4 Å². The molecule has 0 N–H and O–H groups in total. The fourth-order valence-electron chi connectivity index (χ4n) is 3.25. The van der Waals surface area contributed by atoms with Crippen LogP contribution in [0.25, 0.3) is 11.4 Å². The van der Waals surface area contributed by atoms with E-state index in [-0.39, 0.29) is 5.91 Å². The van der Waals surface area contributed by atoms with Crippen molar-refractivity contribution in [2.45, 2.75) is 39.7 Å². The fraction of sp³-hybridized carbons (Fsp3) is 0.500. The van der Waals surface area contributed by atoms with E-state index >= 15 is 0 Å². The topological polar surface area (TPSA) is 51.0 Å². The number of pyridine rings is 1. The van der Waals surface area contributed by atoms with E-state index in [1.165, 1.54) is 0 Å². The van der Waals surface area contributed by atoms with Gasteiger partial charge in [-0.1, -0.05) is 6.07 Å². The summed E-state index contributed by atoms with van der Waals surface area (Å²) in [6.45, 7) is 7.61. The molecule has 0 saturated carbocycles. The van der Waals surface area contributed by atoms with Gasteiger partial charge >= 0.3 is 0 Å². The number of rotatable bonds is 4. The Hall–Kier alpha value is -2.17. The summed E-state index contributed by atoms with van der Waals surface area (Å²) in [5.74, 6) is 0.687. The first-order chi connectivity index (χ1) is 11.0. The maximum Gasteiger partial charge on any atom is 0.219 e. The second kappa shape index (κ2) is 6.52. The van der Waals surface area contributed by atoms with E-state index in [0.29, 0.717) is 12.0 Å². The molecule has 1 atom stereocenters. The van der Waals surface area contributed by atoms with Gasteiger partial charge in [-0.25, -0.2) is 0 Å². The van der Waals surface area contributed by atoms with E-state index in [4.69, 9.17) is 4.98 Å². The number of likely N-dealkylation sites (tertiary alicyclic amines) is 1. The highest BCUT2D eigenvalue weighted by Crippen LogP contribution is 2.23. The smallest absolute Gasteiger partial charge is 0.219 e. The van der Waals surface area contributed by atoms with E-state index in [1.807, 2.05) is 27.9 Å². The molecule has 122 valence electrons. The van der Waals surface area contributed by atoms with E-state index in [9.17, 15) is 4.79 Å². The molecule has 1 amide bonds. The van der Waals surface area contributed by atoms with Gasteiger partial charge in [0, 0.05) is 37.9 Å². The molecule has 0 aliphatic carbocycles. The van der Waals surface area contributed by atoms with Gasteiger partial charge in [0.1, 0.15) is 0 Å². The second-order valence-electron chi connectivity index (χ2n) is 6.59. The van der Waals surface area contributed by atoms with Crippen LogP contribution >= 0.6 is 0 Å². The summed E-state index contributed by atoms with van der Waals surface area (Å²) in [5, 5.41) is 4.39. The SMILES string of the molecule is CC(=O)N1CC[C@H](Cc2cccc(-c3ccnn3C(C)C)n2)C1. The van der Waals surface area contributed by atoms with Crippen molar-refractivity contribution in [2.75, 3.05) is 13.1 Å². The minimum Gasteiger partial charge on any atom is -0.343 e.